The zero-order valence-corrected chi connectivity index (χ0v) is 20.3. The maximum atomic E-state index is 13.8. The van der Waals surface area contributed by atoms with Crippen LogP contribution in [0, 0.1) is 6.92 Å². The van der Waals surface area contributed by atoms with Crippen LogP contribution >= 0.6 is 11.6 Å². The molecule has 1 atom stereocenters. The molecule has 180 valence electrons. The van der Waals surface area contributed by atoms with Gasteiger partial charge in [0.1, 0.15) is 11.4 Å². The number of benzene rings is 3. The fourth-order valence-electron chi connectivity index (χ4n) is 4.61. The molecule has 0 aliphatic carbocycles. The van der Waals surface area contributed by atoms with Gasteiger partial charge in [0.25, 0.3) is 17.2 Å². The molecule has 1 aliphatic rings. The number of ketones is 1. The van der Waals surface area contributed by atoms with Crippen LogP contribution in [-0.4, -0.2) is 26.2 Å². The lowest BCUT2D eigenvalue weighted by atomic mass is 9.95. The van der Waals surface area contributed by atoms with Crippen LogP contribution in [0.5, 0.6) is 0 Å². The number of anilines is 1. The Morgan fingerprint density at radius 1 is 0.861 bits per heavy atom. The summed E-state index contributed by atoms with van der Waals surface area (Å²) in [5, 5.41) is 11.7. The molecule has 8 heteroatoms. The van der Waals surface area contributed by atoms with Crippen LogP contribution in [-0.2, 0) is 16.6 Å². The van der Waals surface area contributed by atoms with Gasteiger partial charge in [-0.15, -0.1) is 0 Å². The summed E-state index contributed by atoms with van der Waals surface area (Å²) in [6, 6.07) is 23.2. The Bertz CT molecular complexity index is 1570. The zero-order chi connectivity index (χ0) is 25.6. The number of halogens is 1. The number of nitrogens with zero attached hydrogens (tertiary/aromatic N) is 3. The molecule has 1 amide bonds. The van der Waals surface area contributed by atoms with Gasteiger partial charge in [-0.25, -0.2) is 4.68 Å². The van der Waals surface area contributed by atoms with E-state index in [4.69, 9.17) is 11.6 Å². The molecular weight excluding hydrogens is 478 g/mol. The molecule has 2 heterocycles. The average Bonchev–Trinajstić information content (AvgIpc) is 3.28. The van der Waals surface area contributed by atoms with Gasteiger partial charge in [-0.1, -0.05) is 60.1 Å². The maximum Gasteiger partial charge on any atom is 0.300 e. The summed E-state index contributed by atoms with van der Waals surface area (Å²) in [6.45, 7) is 1.72. The lowest BCUT2D eigenvalue weighted by Crippen LogP contribution is -2.34. The van der Waals surface area contributed by atoms with Crippen molar-refractivity contribution in [2.24, 2.45) is 7.05 Å². The van der Waals surface area contributed by atoms with E-state index < -0.39 is 23.3 Å². The SMILES string of the molecule is Cc1c(N2C(=O)C(=O)C(=C(O)c3ccc(Cl)cc3)[C@H]2c2ccccc2)c(=O)n(-c2ccccc2)n1C. The minimum Gasteiger partial charge on any atom is -0.507 e. The van der Waals surface area contributed by atoms with Crippen molar-refractivity contribution in [3.8, 4) is 5.69 Å². The topological polar surface area (TPSA) is 84.5 Å². The quantitative estimate of drug-likeness (QED) is 0.249. The van der Waals surface area contributed by atoms with Crippen LogP contribution in [0.15, 0.2) is 95.3 Å². The number of aliphatic hydroxyl groups is 1. The summed E-state index contributed by atoms with van der Waals surface area (Å²) >= 11 is 5.99. The third kappa shape index (κ3) is 3.65. The molecule has 36 heavy (non-hydrogen) atoms. The molecule has 0 bridgehead atoms. The van der Waals surface area contributed by atoms with E-state index in [2.05, 4.69) is 0 Å². The Kier molecular flexibility index (Phi) is 5.86. The van der Waals surface area contributed by atoms with Gasteiger partial charge in [0.05, 0.1) is 23.0 Å². The minimum absolute atomic E-state index is 0.0764. The Hall–Kier alpha value is -4.36. The molecule has 1 fully saturated rings. The van der Waals surface area contributed by atoms with E-state index in [-0.39, 0.29) is 17.0 Å². The average molecular weight is 500 g/mol. The van der Waals surface area contributed by atoms with Crippen molar-refractivity contribution in [3.63, 3.8) is 0 Å². The molecule has 1 N–H and O–H groups in total. The number of hydrogen-bond donors (Lipinski definition) is 1. The molecule has 1 aromatic heterocycles. The second-order valence-corrected chi connectivity index (χ2v) is 8.93. The smallest absolute Gasteiger partial charge is 0.300 e. The highest BCUT2D eigenvalue weighted by Crippen LogP contribution is 2.42. The summed E-state index contributed by atoms with van der Waals surface area (Å²) in [6.07, 6.45) is 0. The van der Waals surface area contributed by atoms with Crippen LogP contribution in [0.2, 0.25) is 5.02 Å². The van der Waals surface area contributed by atoms with Gasteiger partial charge >= 0.3 is 0 Å². The first kappa shape index (κ1) is 23.4. The molecular formula is C28H22ClN3O4. The number of rotatable bonds is 4. The molecule has 0 spiro atoms. The van der Waals surface area contributed by atoms with E-state index in [9.17, 15) is 19.5 Å². The minimum atomic E-state index is -1.00. The monoisotopic (exact) mass is 499 g/mol. The van der Waals surface area contributed by atoms with Crippen molar-refractivity contribution in [1.29, 1.82) is 0 Å². The van der Waals surface area contributed by atoms with Gasteiger partial charge in [0.15, 0.2) is 0 Å². The third-order valence-corrected chi connectivity index (χ3v) is 6.69. The highest BCUT2D eigenvalue weighted by molar-refractivity contribution is 6.51. The van der Waals surface area contributed by atoms with Gasteiger partial charge in [-0.2, -0.15) is 0 Å². The van der Waals surface area contributed by atoms with E-state index in [1.807, 2.05) is 24.3 Å². The Labute approximate surface area is 212 Å². The number of para-hydroxylation sites is 1. The van der Waals surface area contributed by atoms with Crippen LogP contribution in [0.1, 0.15) is 22.9 Å². The van der Waals surface area contributed by atoms with Crippen molar-refractivity contribution >= 4 is 34.7 Å². The summed E-state index contributed by atoms with van der Waals surface area (Å²) in [5.74, 6) is -2.09. The Morgan fingerprint density at radius 3 is 2.06 bits per heavy atom. The highest BCUT2D eigenvalue weighted by Gasteiger charge is 2.49. The van der Waals surface area contributed by atoms with Gasteiger partial charge in [0.2, 0.25) is 0 Å². The van der Waals surface area contributed by atoms with Gasteiger partial charge in [0, 0.05) is 17.6 Å². The third-order valence-electron chi connectivity index (χ3n) is 6.44. The molecule has 7 nitrogen and oxygen atoms in total. The first-order valence-electron chi connectivity index (χ1n) is 11.3. The first-order valence-corrected chi connectivity index (χ1v) is 11.6. The number of aliphatic hydroxyl groups excluding tert-OH is 1. The number of carbonyl (C=O) groups is 2. The summed E-state index contributed by atoms with van der Waals surface area (Å²) in [7, 11) is 1.72. The molecule has 0 saturated carbocycles. The number of Topliss-reactive ketones (excluding diaryl/α,β-unsaturated/α-hetero) is 1. The summed E-state index contributed by atoms with van der Waals surface area (Å²) < 4.78 is 3.10. The second kappa shape index (κ2) is 9.02. The van der Waals surface area contributed by atoms with Crippen molar-refractivity contribution in [1.82, 2.24) is 9.36 Å². The van der Waals surface area contributed by atoms with E-state index in [0.717, 1.165) is 0 Å². The Balaban J connectivity index is 1.77. The van der Waals surface area contributed by atoms with Crippen LogP contribution in [0.4, 0.5) is 5.69 Å². The number of hydrogen-bond acceptors (Lipinski definition) is 4. The van der Waals surface area contributed by atoms with Crippen molar-refractivity contribution in [2.75, 3.05) is 4.90 Å². The molecule has 3 aromatic carbocycles. The molecule has 5 rings (SSSR count). The number of aromatic nitrogens is 2. The first-order chi connectivity index (χ1) is 17.3. The molecule has 0 unspecified atom stereocenters. The van der Waals surface area contributed by atoms with Gasteiger partial charge in [-0.05, 0) is 48.9 Å². The normalized spacial score (nSPS) is 17.1. The number of carbonyl (C=O) groups excluding carboxylic acids is 2. The fourth-order valence-corrected chi connectivity index (χ4v) is 4.73. The zero-order valence-electron chi connectivity index (χ0n) is 19.6. The lowest BCUT2D eigenvalue weighted by Gasteiger charge is -2.24. The summed E-state index contributed by atoms with van der Waals surface area (Å²) in [4.78, 5) is 41.9. The van der Waals surface area contributed by atoms with Crippen LogP contribution in [0.3, 0.4) is 0 Å². The lowest BCUT2D eigenvalue weighted by molar-refractivity contribution is -0.132. The largest absolute Gasteiger partial charge is 0.507 e. The predicted molar refractivity (Wildman–Crippen MR) is 138 cm³/mol. The van der Waals surface area contributed by atoms with Crippen molar-refractivity contribution < 1.29 is 14.7 Å². The predicted octanol–water partition coefficient (Wildman–Crippen LogP) is 4.76. The standard InChI is InChI=1S/C28H22ClN3O4/c1-17-23(27(35)32(30(17)2)21-11-7-4-8-12-21)31-24(18-9-5-3-6-10-18)22(26(34)28(31)36)25(33)19-13-15-20(29)16-14-19/h3-16,24,33H,1-2H3/t24-/m1/s1. The van der Waals surface area contributed by atoms with E-state index in [1.54, 1.807) is 79.3 Å². The number of amides is 1. The maximum absolute atomic E-state index is 13.8. The summed E-state index contributed by atoms with van der Waals surface area (Å²) in [5.41, 5.74) is 1.57. The van der Waals surface area contributed by atoms with Gasteiger partial charge in [-0.3, -0.25) is 24.0 Å². The van der Waals surface area contributed by atoms with Crippen molar-refractivity contribution in [2.45, 2.75) is 13.0 Å². The molecule has 1 saturated heterocycles. The molecule has 1 aliphatic heterocycles. The van der Waals surface area contributed by atoms with E-state index >= 15 is 0 Å². The molecule has 4 aromatic rings. The molecule has 0 radical (unpaired) electrons. The second-order valence-electron chi connectivity index (χ2n) is 8.50. The van der Waals surface area contributed by atoms with Crippen LogP contribution in [0.25, 0.3) is 11.4 Å². The Morgan fingerprint density at radius 2 is 1.44 bits per heavy atom. The fraction of sp³-hybridized carbons (Fsp3) is 0.107. The van der Waals surface area contributed by atoms with Crippen LogP contribution < -0.4 is 10.5 Å². The highest BCUT2D eigenvalue weighted by atomic mass is 35.5. The van der Waals surface area contributed by atoms with E-state index in [0.29, 0.717) is 27.5 Å². The van der Waals surface area contributed by atoms with E-state index in [1.165, 1.54) is 9.58 Å². The van der Waals surface area contributed by atoms with Crippen molar-refractivity contribution in [3.05, 3.63) is 123 Å². The van der Waals surface area contributed by atoms with Gasteiger partial charge < -0.3 is 5.11 Å².